The Morgan fingerprint density at radius 3 is 2.37 bits per heavy atom. The molecule has 0 bridgehead atoms. The number of nitrogens with one attached hydrogen (secondary N) is 1. The Bertz CT molecular complexity index is 1510. The first-order chi connectivity index (χ1) is 20.5. The standard InChI is InChI=1S/C33H39ClFN3O4S/c1-24-18-19-27(34)22-30(24)38(43(2,41)42)20-10-17-32(39)37(23-26-13-6-9-16-29(26)35)31(21-25-11-4-3-5-12-25)33(40)36-28-14-7-8-15-28/h3-6,9,11-13,16,18-19,22,28,31H,7-8,10,14-15,17,20-21,23H2,1-2H3,(H,36,40)/t31-/m0/s1. The van der Waals surface area contributed by atoms with Crippen LogP contribution in [-0.4, -0.2) is 50.0 Å². The van der Waals surface area contributed by atoms with E-state index in [9.17, 15) is 22.4 Å². The molecule has 2 amide bonds. The highest BCUT2D eigenvalue weighted by Crippen LogP contribution is 2.27. The van der Waals surface area contributed by atoms with Crippen LogP contribution in [0.25, 0.3) is 0 Å². The molecule has 1 aliphatic rings. The topological polar surface area (TPSA) is 86.8 Å². The van der Waals surface area contributed by atoms with Crippen molar-refractivity contribution in [1.29, 1.82) is 0 Å². The Hall–Kier alpha value is -3.43. The number of anilines is 1. The maximum atomic E-state index is 14.9. The number of nitrogens with zero attached hydrogens (tertiary/aromatic N) is 2. The number of halogens is 2. The predicted molar refractivity (Wildman–Crippen MR) is 169 cm³/mol. The zero-order chi connectivity index (χ0) is 31.0. The SMILES string of the molecule is Cc1ccc(Cl)cc1N(CCCC(=O)N(Cc1ccccc1F)[C@@H](Cc1ccccc1)C(=O)NC1CCCC1)S(C)(=O)=O. The van der Waals surface area contributed by atoms with Gasteiger partial charge in [-0.1, -0.05) is 79.0 Å². The summed E-state index contributed by atoms with van der Waals surface area (Å²) < 4.78 is 41.6. The van der Waals surface area contributed by atoms with Gasteiger partial charge in [0.15, 0.2) is 0 Å². The summed E-state index contributed by atoms with van der Waals surface area (Å²) in [6.07, 6.45) is 5.37. The van der Waals surface area contributed by atoms with Gasteiger partial charge in [-0.25, -0.2) is 12.8 Å². The van der Waals surface area contributed by atoms with Gasteiger partial charge in [0, 0.05) is 42.6 Å². The lowest BCUT2D eigenvalue weighted by Crippen LogP contribution is -2.52. The van der Waals surface area contributed by atoms with Crippen LogP contribution in [0.2, 0.25) is 5.02 Å². The molecule has 230 valence electrons. The third kappa shape index (κ3) is 9.03. The molecule has 43 heavy (non-hydrogen) atoms. The van der Waals surface area contributed by atoms with E-state index in [1.165, 1.54) is 15.3 Å². The summed E-state index contributed by atoms with van der Waals surface area (Å²) in [5, 5.41) is 3.54. The zero-order valence-electron chi connectivity index (χ0n) is 24.6. The minimum absolute atomic E-state index is 0.0386. The van der Waals surface area contributed by atoms with Gasteiger partial charge in [0.25, 0.3) is 0 Å². The van der Waals surface area contributed by atoms with E-state index >= 15 is 0 Å². The van der Waals surface area contributed by atoms with E-state index in [1.807, 2.05) is 30.3 Å². The largest absolute Gasteiger partial charge is 0.352 e. The van der Waals surface area contributed by atoms with Crippen molar-refractivity contribution in [2.45, 2.75) is 70.5 Å². The number of aryl methyl sites for hydroxylation is 1. The Balaban J connectivity index is 1.61. The lowest BCUT2D eigenvalue weighted by Gasteiger charge is -2.33. The molecule has 0 aromatic heterocycles. The van der Waals surface area contributed by atoms with Crippen LogP contribution in [0.4, 0.5) is 10.1 Å². The summed E-state index contributed by atoms with van der Waals surface area (Å²) in [7, 11) is -3.68. The van der Waals surface area contributed by atoms with Crippen LogP contribution in [0.3, 0.4) is 0 Å². The lowest BCUT2D eigenvalue weighted by molar-refractivity contribution is -0.141. The molecule has 0 radical (unpaired) electrons. The van der Waals surface area contributed by atoms with Crippen LogP contribution >= 0.6 is 11.6 Å². The molecule has 7 nitrogen and oxygen atoms in total. The van der Waals surface area contributed by atoms with Crippen LogP contribution in [0.5, 0.6) is 0 Å². The molecule has 1 saturated carbocycles. The normalized spacial score (nSPS) is 14.3. The number of carbonyl (C=O) groups excluding carboxylic acids is 2. The number of benzene rings is 3. The number of amides is 2. The highest BCUT2D eigenvalue weighted by atomic mass is 35.5. The van der Waals surface area contributed by atoms with Crippen LogP contribution in [-0.2, 0) is 32.6 Å². The van der Waals surface area contributed by atoms with Gasteiger partial charge in [-0.2, -0.15) is 0 Å². The summed E-state index contributed by atoms with van der Waals surface area (Å²) >= 11 is 6.17. The van der Waals surface area contributed by atoms with E-state index in [2.05, 4.69) is 5.32 Å². The number of carbonyl (C=O) groups is 2. The number of sulfonamides is 1. The molecule has 1 aliphatic carbocycles. The quantitative estimate of drug-likeness (QED) is 0.251. The average molecular weight is 628 g/mol. The van der Waals surface area contributed by atoms with Crippen molar-refractivity contribution in [3.8, 4) is 0 Å². The molecule has 0 heterocycles. The van der Waals surface area contributed by atoms with E-state index in [0.29, 0.717) is 16.3 Å². The number of hydrogen-bond donors (Lipinski definition) is 1. The fourth-order valence-electron chi connectivity index (χ4n) is 5.57. The molecular formula is C33H39ClFN3O4S. The van der Waals surface area contributed by atoms with Crippen molar-refractivity contribution >= 4 is 39.1 Å². The maximum absolute atomic E-state index is 14.9. The second-order valence-corrected chi connectivity index (χ2v) is 13.5. The smallest absolute Gasteiger partial charge is 0.243 e. The molecule has 10 heteroatoms. The fraction of sp³-hybridized carbons (Fsp3) is 0.394. The first kappa shape index (κ1) is 32.5. The van der Waals surface area contributed by atoms with E-state index < -0.39 is 21.9 Å². The molecule has 4 rings (SSSR count). The predicted octanol–water partition coefficient (Wildman–Crippen LogP) is 6.03. The highest BCUT2D eigenvalue weighted by Gasteiger charge is 2.32. The van der Waals surface area contributed by atoms with E-state index in [1.54, 1.807) is 43.3 Å². The van der Waals surface area contributed by atoms with Crippen molar-refractivity contribution in [2.24, 2.45) is 0 Å². The van der Waals surface area contributed by atoms with Gasteiger partial charge in [0.05, 0.1) is 11.9 Å². The van der Waals surface area contributed by atoms with E-state index in [-0.39, 0.29) is 50.2 Å². The Morgan fingerprint density at radius 1 is 1.02 bits per heavy atom. The van der Waals surface area contributed by atoms with Crippen LogP contribution in [0.1, 0.15) is 55.2 Å². The van der Waals surface area contributed by atoms with Gasteiger partial charge in [0.2, 0.25) is 21.8 Å². The first-order valence-corrected chi connectivity index (χ1v) is 16.9. The molecule has 0 spiro atoms. The van der Waals surface area contributed by atoms with Gasteiger partial charge >= 0.3 is 0 Å². The van der Waals surface area contributed by atoms with E-state index in [0.717, 1.165) is 43.1 Å². The second kappa shape index (κ2) is 14.8. The molecule has 1 atom stereocenters. The fourth-order valence-corrected chi connectivity index (χ4v) is 6.75. The van der Waals surface area contributed by atoms with Gasteiger partial charge in [-0.05, 0) is 55.5 Å². The highest BCUT2D eigenvalue weighted by molar-refractivity contribution is 7.92. The second-order valence-electron chi connectivity index (χ2n) is 11.2. The minimum atomic E-state index is -3.68. The van der Waals surface area contributed by atoms with Gasteiger partial charge < -0.3 is 10.2 Å². The summed E-state index contributed by atoms with van der Waals surface area (Å²) in [5.74, 6) is -1.09. The van der Waals surface area contributed by atoms with Crippen molar-refractivity contribution in [3.05, 3.63) is 100 Å². The molecule has 0 aliphatic heterocycles. The molecular weight excluding hydrogens is 589 g/mol. The molecule has 3 aromatic rings. The van der Waals surface area contributed by atoms with Crippen LogP contribution in [0.15, 0.2) is 72.8 Å². The number of rotatable bonds is 13. The summed E-state index contributed by atoms with van der Waals surface area (Å²) in [6, 6.07) is 19.8. The third-order valence-corrected chi connectivity index (χ3v) is 9.28. The van der Waals surface area contributed by atoms with Gasteiger partial charge in [0.1, 0.15) is 11.9 Å². The molecule has 1 fully saturated rings. The Morgan fingerprint density at radius 2 is 1.70 bits per heavy atom. The van der Waals surface area contributed by atoms with Crippen molar-refractivity contribution < 1.29 is 22.4 Å². The summed E-state index contributed by atoms with van der Waals surface area (Å²) in [5.41, 5.74) is 2.35. The van der Waals surface area contributed by atoms with E-state index in [4.69, 9.17) is 11.6 Å². The van der Waals surface area contributed by atoms with Crippen molar-refractivity contribution in [1.82, 2.24) is 10.2 Å². The summed E-state index contributed by atoms with van der Waals surface area (Å²) in [4.78, 5) is 29.2. The summed E-state index contributed by atoms with van der Waals surface area (Å²) in [6.45, 7) is 1.74. The Labute approximate surface area is 259 Å². The lowest BCUT2D eigenvalue weighted by atomic mass is 10.0. The third-order valence-electron chi connectivity index (χ3n) is 7.86. The van der Waals surface area contributed by atoms with Crippen molar-refractivity contribution in [3.63, 3.8) is 0 Å². The minimum Gasteiger partial charge on any atom is -0.352 e. The van der Waals surface area contributed by atoms with Gasteiger partial charge in [-0.3, -0.25) is 13.9 Å². The monoisotopic (exact) mass is 627 g/mol. The Kier molecular flexibility index (Phi) is 11.2. The number of hydrogen-bond acceptors (Lipinski definition) is 4. The van der Waals surface area contributed by atoms with Crippen molar-refractivity contribution in [2.75, 3.05) is 17.1 Å². The molecule has 1 N–H and O–H groups in total. The molecule has 0 saturated heterocycles. The van der Waals surface area contributed by atoms with Crippen LogP contribution < -0.4 is 9.62 Å². The molecule has 0 unspecified atom stereocenters. The average Bonchev–Trinajstić information content (AvgIpc) is 3.48. The van der Waals surface area contributed by atoms with Crippen LogP contribution in [0, 0.1) is 12.7 Å². The zero-order valence-corrected chi connectivity index (χ0v) is 26.2. The van der Waals surface area contributed by atoms with Gasteiger partial charge in [-0.15, -0.1) is 0 Å². The molecule has 3 aromatic carbocycles. The first-order valence-electron chi connectivity index (χ1n) is 14.6. The maximum Gasteiger partial charge on any atom is 0.243 e.